The predicted molar refractivity (Wildman–Crippen MR) is 68.0 cm³/mol. The van der Waals surface area contributed by atoms with Gasteiger partial charge in [0.05, 0.1) is 0 Å². The van der Waals surface area contributed by atoms with Crippen molar-refractivity contribution in [1.82, 2.24) is 4.98 Å². The molecule has 1 N–H and O–H groups in total. The standard InChI is InChI=1S/C14H21NO/c1-13(2,3)10-9-7-8-15-12(9)16-11(10)14(4,5)6/h7-8,15H,1-6H3. The average Bonchev–Trinajstić information content (AvgIpc) is 2.53. The molecule has 2 heteroatoms. The molecule has 0 aliphatic rings. The summed E-state index contributed by atoms with van der Waals surface area (Å²) in [5, 5.41) is 1.22. The van der Waals surface area contributed by atoms with Crippen molar-refractivity contribution >= 4 is 11.1 Å². The van der Waals surface area contributed by atoms with Gasteiger partial charge in [-0.3, -0.25) is 0 Å². The molecule has 88 valence electrons. The Balaban J connectivity index is 2.79. The van der Waals surface area contributed by atoms with E-state index in [-0.39, 0.29) is 10.8 Å². The van der Waals surface area contributed by atoms with Gasteiger partial charge in [-0.1, -0.05) is 41.5 Å². The van der Waals surface area contributed by atoms with Gasteiger partial charge in [0.25, 0.3) is 0 Å². The van der Waals surface area contributed by atoms with Crippen LogP contribution in [0, 0.1) is 0 Å². The first-order valence-corrected chi connectivity index (χ1v) is 5.82. The third kappa shape index (κ3) is 1.66. The second kappa shape index (κ2) is 3.16. The van der Waals surface area contributed by atoms with E-state index in [1.165, 1.54) is 10.9 Å². The van der Waals surface area contributed by atoms with E-state index in [0.717, 1.165) is 11.5 Å². The third-order valence-corrected chi connectivity index (χ3v) is 2.84. The van der Waals surface area contributed by atoms with Gasteiger partial charge >= 0.3 is 0 Å². The molecule has 0 atom stereocenters. The number of rotatable bonds is 0. The lowest BCUT2D eigenvalue weighted by Crippen LogP contribution is -2.20. The Morgan fingerprint density at radius 2 is 1.62 bits per heavy atom. The zero-order valence-corrected chi connectivity index (χ0v) is 11.1. The Morgan fingerprint density at radius 1 is 1.00 bits per heavy atom. The summed E-state index contributed by atoms with van der Waals surface area (Å²) in [4.78, 5) is 3.16. The normalized spacial score (nSPS) is 13.6. The predicted octanol–water partition coefficient (Wildman–Crippen LogP) is 4.36. The van der Waals surface area contributed by atoms with Crippen molar-refractivity contribution in [3.05, 3.63) is 23.6 Å². The van der Waals surface area contributed by atoms with Crippen LogP contribution >= 0.6 is 0 Å². The van der Waals surface area contributed by atoms with Crippen molar-refractivity contribution in [3.63, 3.8) is 0 Å². The minimum absolute atomic E-state index is 0.0441. The summed E-state index contributed by atoms with van der Waals surface area (Å²) in [6, 6.07) is 2.11. The second-order valence-electron chi connectivity index (χ2n) is 6.53. The Morgan fingerprint density at radius 3 is 2.12 bits per heavy atom. The highest BCUT2D eigenvalue weighted by Gasteiger charge is 2.31. The van der Waals surface area contributed by atoms with Crippen LogP contribution in [0.3, 0.4) is 0 Å². The zero-order valence-electron chi connectivity index (χ0n) is 11.1. The lowest BCUT2D eigenvalue weighted by atomic mass is 9.79. The molecule has 0 fully saturated rings. The molecule has 0 saturated carbocycles. The molecule has 2 rings (SSSR count). The van der Waals surface area contributed by atoms with Gasteiger partial charge in [-0.2, -0.15) is 0 Å². The molecule has 2 heterocycles. The molecule has 0 saturated heterocycles. The fourth-order valence-corrected chi connectivity index (χ4v) is 2.18. The molecule has 0 amide bonds. The second-order valence-corrected chi connectivity index (χ2v) is 6.53. The number of hydrogen-bond acceptors (Lipinski definition) is 1. The number of H-pyrrole nitrogens is 1. The highest BCUT2D eigenvalue weighted by molar-refractivity contribution is 5.81. The fourth-order valence-electron chi connectivity index (χ4n) is 2.18. The molecule has 0 aromatic carbocycles. The zero-order chi connectivity index (χ0) is 12.1. The third-order valence-electron chi connectivity index (χ3n) is 2.84. The van der Waals surface area contributed by atoms with Crippen LogP contribution in [0.1, 0.15) is 52.9 Å². The monoisotopic (exact) mass is 219 g/mol. The van der Waals surface area contributed by atoms with Crippen LogP contribution in [-0.2, 0) is 10.8 Å². The number of hydrogen-bond donors (Lipinski definition) is 1. The Bertz CT molecular complexity index is 503. The molecular formula is C14H21NO. The van der Waals surface area contributed by atoms with E-state index in [2.05, 4.69) is 52.6 Å². The van der Waals surface area contributed by atoms with Gasteiger partial charge in [0, 0.05) is 22.6 Å². The SMILES string of the molecule is CC(C)(C)c1oc2[nH]ccc2c1C(C)(C)C. The minimum Gasteiger partial charge on any atom is -0.444 e. The first-order valence-electron chi connectivity index (χ1n) is 5.82. The average molecular weight is 219 g/mol. The quantitative estimate of drug-likeness (QED) is 0.701. The number of nitrogens with one attached hydrogen (secondary N) is 1. The van der Waals surface area contributed by atoms with Crippen molar-refractivity contribution in [1.29, 1.82) is 0 Å². The molecule has 16 heavy (non-hydrogen) atoms. The van der Waals surface area contributed by atoms with E-state index in [1.807, 2.05) is 6.20 Å². The molecule has 0 aliphatic carbocycles. The topological polar surface area (TPSA) is 28.9 Å². The molecule has 2 aromatic rings. The molecular weight excluding hydrogens is 198 g/mol. The van der Waals surface area contributed by atoms with E-state index in [4.69, 9.17) is 4.42 Å². The van der Waals surface area contributed by atoms with E-state index in [9.17, 15) is 0 Å². The lowest BCUT2D eigenvalue weighted by Gasteiger charge is -2.25. The van der Waals surface area contributed by atoms with Crippen LogP contribution < -0.4 is 0 Å². The van der Waals surface area contributed by atoms with Gasteiger partial charge in [0.2, 0.25) is 5.71 Å². The van der Waals surface area contributed by atoms with Gasteiger partial charge in [0.15, 0.2) is 0 Å². The minimum atomic E-state index is 0.0441. The molecule has 2 aromatic heterocycles. The molecule has 0 unspecified atom stereocenters. The van der Waals surface area contributed by atoms with Gasteiger partial charge < -0.3 is 9.40 Å². The molecule has 0 spiro atoms. The number of fused-ring (bicyclic) bond motifs is 1. The summed E-state index contributed by atoms with van der Waals surface area (Å²) in [5.41, 5.74) is 2.38. The molecule has 0 radical (unpaired) electrons. The van der Waals surface area contributed by atoms with Gasteiger partial charge in [-0.05, 0) is 11.5 Å². The maximum Gasteiger partial charge on any atom is 0.204 e. The number of furan rings is 1. The van der Waals surface area contributed by atoms with Crippen molar-refractivity contribution in [2.75, 3.05) is 0 Å². The Kier molecular flexibility index (Phi) is 2.23. The summed E-state index contributed by atoms with van der Waals surface area (Å²) >= 11 is 0. The van der Waals surface area contributed by atoms with E-state index < -0.39 is 0 Å². The first kappa shape index (κ1) is 11.3. The molecule has 0 bridgehead atoms. The van der Waals surface area contributed by atoms with Crippen molar-refractivity contribution < 1.29 is 4.42 Å². The lowest BCUT2D eigenvalue weighted by molar-refractivity contribution is 0.406. The van der Waals surface area contributed by atoms with Gasteiger partial charge in [-0.15, -0.1) is 0 Å². The maximum absolute atomic E-state index is 5.97. The van der Waals surface area contributed by atoms with Crippen LogP contribution in [-0.4, -0.2) is 4.98 Å². The Hall–Kier alpha value is -1.18. The number of aromatic amines is 1. The maximum atomic E-state index is 5.97. The number of aromatic nitrogens is 1. The summed E-state index contributed by atoms with van der Waals surface area (Å²) in [5.74, 6) is 1.10. The van der Waals surface area contributed by atoms with Crippen molar-refractivity contribution in [2.24, 2.45) is 0 Å². The largest absolute Gasteiger partial charge is 0.444 e. The summed E-state index contributed by atoms with van der Waals surface area (Å²) in [6.45, 7) is 13.3. The summed E-state index contributed by atoms with van der Waals surface area (Å²) in [6.07, 6.45) is 1.94. The van der Waals surface area contributed by atoms with Gasteiger partial charge in [0.1, 0.15) is 5.76 Å². The highest BCUT2D eigenvalue weighted by atomic mass is 16.3. The fraction of sp³-hybridized carbons (Fsp3) is 0.571. The first-order chi connectivity index (χ1) is 7.21. The van der Waals surface area contributed by atoms with Gasteiger partial charge in [-0.25, -0.2) is 0 Å². The van der Waals surface area contributed by atoms with Crippen LogP contribution in [0.25, 0.3) is 11.1 Å². The van der Waals surface area contributed by atoms with Crippen molar-refractivity contribution in [2.45, 2.75) is 52.4 Å². The highest BCUT2D eigenvalue weighted by Crippen LogP contribution is 2.40. The Labute approximate surface area is 97.0 Å². The van der Waals surface area contributed by atoms with E-state index in [1.54, 1.807) is 0 Å². The summed E-state index contributed by atoms with van der Waals surface area (Å²) < 4.78 is 5.97. The van der Waals surface area contributed by atoms with Crippen molar-refractivity contribution in [3.8, 4) is 0 Å². The summed E-state index contributed by atoms with van der Waals surface area (Å²) in [7, 11) is 0. The van der Waals surface area contributed by atoms with E-state index >= 15 is 0 Å². The van der Waals surface area contributed by atoms with Crippen LogP contribution in [0.15, 0.2) is 16.7 Å². The molecule has 2 nitrogen and oxygen atoms in total. The molecule has 0 aliphatic heterocycles. The van der Waals surface area contributed by atoms with Crippen LogP contribution in [0.5, 0.6) is 0 Å². The smallest absolute Gasteiger partial charge is 0.204 e. The van der Waals surface area contributed by atoms with E-state index in [0.29, 0.717) is 0 Å². The van der Waals surface area contributed by atoms with Crippen LogP contribution in [0.4, 0.5) is 0 Å². The van der Waals surface area contributed by atoms with Crippen LogP contribution in [0.2, 0.25) is 0 Å².